The van der Waals surface area contributed by atoms with Gasteiger partial charge in [0.2, 0.25) is 23.6 Å². The van der Waals surface area contributed by atoms with Crippen LogP contribution in [0.2, 0.25) is 0 Å². The van der Waals surface area contributed by atoms with Crippen molar-refractivity contribution in [2.24, 2.45) is 23.7 Å². The summed E-state index contributed by atoms with van der Waals surface area (Å²) in [7, 11) is 6.29. The lowest BCUT2D eigenvalue weighted by atomic mass is 9.89. The molecule has 10 atom stereocenters. The smallest absolute Gasteiger partial charge is 0.254 e. The maximum atomic E-state index is 14.5. The second kappa shape index (κ2) is 23.7. The summed E-state index contributed by atoms with van der Waals surface area (Å²) in [6.45, 7) is 16.8. The number of ether oxygens (including phenoxy) is 2. The van der Waals surface area contributed by atoms with Crippen LogP contribution in [0, 0.1) is 23.7 Å². The number of methoxy groups -OCH3 is 2. The molecule has 1 aliphatic heterocycles. The van der Waals surface area contributed by atoms with Gasteiger partial charge in [-0.2, -0.15) is 0 Å². The van der Waals surface area contributed by atoms with E-state index in [2.05, 4.69) is 10.6 Å². The molecule has 3 N–H and O–H groups in total. The summed E-state index contributed by atoms with van der Waals surface area (Å²) in [4.78, 5) is 86.6. The minimum absolute atomic E-state index is 0.0363. The highest BCUT2D eigenvalue weighted by Crippen LogP contribution is 2.30. The van der Waals surface area contributed by atoms with Gasteiger partial charge in [-0.1, -0.05) is 97.4 Å². The molecular formula is C48H73N5O9. The van der Waals surface area contributed by atoms with Crippen molar-refractivity contribution in [2.75, 3.05) is 34.9 Å². The lowest BCUT2D eigenvalue weighted by Gasteiger charge is -2.41. The van der Waals surface area contributed by atoms with Crippen molar-refractivity contribution in [1.29, 1.82) is 0 Å². The second-order valence-electron chi connectivity index (χ2n) is 17.7. The molecule has 62 heavy (non-hydrogen) atoms. The Bertz CT molecular complexity index is 1810. The number of rotatable bonds is 22. The van der Waals surface area contributed by atoms with Crippen LogP contribution in [0.5, 0.6) is 0 Å². The normalized spacial score (nSPS) is 18.5. The maximum absolute atomic E-state index is 14.5. The maximum Gasteiger partial charge on any atom is 0.254 e. The Morgan fingerprint density at radius 2 is 1.40 bits per heavy atom. The Hall–Kier alpha value is -4.66. The first-order valence-corrected chi connectivity index (χ1v) is 22.1. The molecule has 3 unspecified atom stereocenters. The number of benzene rings is 2. The van der Waals surface area contributed by atoms with Crippen LogP contribution >= 0.6 is 0 Å². The van der Waals surface area contributed by atoms with Crippen molar-refractivity contribution in [3.63, 3.8) is 0 Å². The molecule has 14 nitrogen and oxygen atoms in total. The van der Waals surface area contributed by atoms with Gasteiger partial charge in [0, 0.05) is 46.0 Å². The number of nitrogens with zero attached hydrogens (tertiary/aromatic N) is 3. The van der Waals surface area contributed by atoms with Gasteiger partial charge < -0.3 is 39.9 Å². The number of carbonyl (C=O) groups is 6. The monoisotopic (exact) mass is 864 g/mol. The van der Waals surface area contributed by atoms with Crippen molar-refractivity contribution in [2.45, 2.75) is 137 Å². The average Bonchev–Trinajstić information content (AvgIpc) is 3.74. The minimum Gasteiger partial charge on any atom is -0.386 e. The van der Waals surface area contributed by atoms with Crippen LogP contribution in [0.15, 0.2) is 54.6 Å². The number of carbonyl (C=O) groups excluding carboxylic acids is 6. The van der Waals surface area contributed by atoms with Crippen LogP contribution in [-0.4, -0.2) is 132 Å². The Morgan fingerprint density at radius 1 is 0.806 bits per heavy atom. The van der Waals surface area contributed by atoms with E-state index < -0.39 is 60.2 Å². The first kappa shape index (κ1) is 51.7. The van der Waals surface area contributed by atoms with E-state index in [1.807, 2.05) is 59.7 Å². The molecule has 0 radical (unpaired) electrons. The number of hydrogen-bond acceptors (Lipinski definition) is 9. The molecule has 0 aliphatic carbocycles. The molecule has 0 saturated carbocycles. The van der Waals surface area contributed by atoms with Crippen LogP contribution < -0.4 is 10.6 Å². The molecule has 0 spiro atoms. The molecular weight excluding hydrogens is 791 g/mol. The highest BCUT2D eigenvalue weighted by molar-refractivity contribution is 6.00. The molecule has 0 aromatic heterocycles. The summed E-state index contributed by atoms with van der Waals surface area (Å²) in [6, 6.07) is 12.0. The van der Waals surface area contributed by atoms with E-state index in [9.17, 15) is 33.9 Å². The van der Waals surface area contributed by atoms with Crippen LogP contribution in [0.25, 0.3) is 0 Å². The van der Waals surface area contributed by atoms with Gasteiger partial charge in [0.05, 0.1) is 48.8 Å². The van der Waals surface area contributed by atoms with Gasteiger partial charge in [0.25, 0.3) is 5.91 Å². The molecule has 0 bridgehead atoms. The number of aliphatic hydroxyl groups excluding tert-OH is 1. The zero-order chi connectivity index (χ0) is 46.6. The molecule has 344 valence electrons. The third-order valence-electron chi connectivity index (χ3n) is 12.6. The molecule has 1 fully saturated rings. The van der Waals surface area contributed by atoms with Gasteiger partial charge in [-0.05, 0) is 62.1 Å². The van der Waals surface area contributed by atoms with E-state index in [4.69, 9.17) is 9.47 Å². The van der Waals surface area contributed by atoms with E-state index in [-0.39, 0.29) is 53.7 Å². The van der Waals surface area contributed by atoms with Gasteiger partial charge in [-0.15, -0.1) is 0 Å². The van der Waals surface area contributed by atoms with E-state index in [0.29, 0.717) is 36.1 Å². The number of likely N-dealkylation sites (tertiary alicyclic amines) is 1. The minimum atomic E-state index is -0.957. The Kier molecular flexibility index (Phi) is 19.8. The Labute approximate surface area is 369 Å². The number of ketones is 1. The molecule has 3 rings (SSSR count). The van der Waals surface area contributed by atoms with Crippen LogP contribution in [0.3, 0.4) is 0 Å². The first-order chi connectivity index (χ1) is 29.2. The van der Waals surface area contributed by atoms with Crippen LogP contribution in [0.1, 0.15) is 120 Å². The summed E-state index contributed by atoms with van der Waals surface area (Å²) in [5.74, 6) is -3.22. The lowest BCUT2D eigenvalue weighted by Crippen LogP contribution is -2.60. The summed E-state index contributed by atoms with van der Waals surface area (Å²) in [5, 5.41) is 16.8. The van der Waals surface area contributed by atoms with Crippen LogP contribution in [0.4, 0.5) is 0 Å². The fourth-order valence-corrected chi connectivity index (χ4v) is 8.75. The summed E-state index contributed by atoms with van der Waals surface area (Å²) in [6.07, 6.45) is -0.241. The van der Waals surface area contributed by atoms with Gasteiger partial charge in [0.1, 0.15) is 12.1 Å². The number of nitrogens with one attached hydrogen (secondary N) is 2. The number of aliphatic hydroxyl groups is 1. The van der Waals surface area contributed by atoms with Crippen molar-refractivity contribution in [3.05, 3.63) is 71.3 Å². The first-order valence-electron chi connectivity index (χ1n) is 22.1. The molecule has 2 aromatic rings. The summed E-state index contributed by atoms with van der Waals surface area (Å²) >= 11 is 0. The van der Waals surface area contributed by atoms with Gasteiger partial charge >= 0.3 is 0 Å². The molecule has 1 saturated heterocycles. The summed E-state index contributed by atoms with van der Waals surface area (Å²) in [5.41, 5.74) is 1.49. The van der Waals surface area contributed by atoms with E-state index in [0.717, 1.165) is 6.42 Å². The van der Waals surface area contributed by atoms with E-state index in [1.165, 1.54) is 26.0 Å². The molecule has 1 heterocycles. The SMILES string of the molecule is CCC(C)C([C@@H](CC(=O)N1CCC[C@H]1[C@H](OC)[C@@H](C)C(=O)N[C@H](C)[C@@H](O)c1ccccc1)OC)N(C)C(=O)[C@@H](NC(=O)C(C(C)C)N(C)C(=O)c1ccc(C(C)=O)cc1)C(C)C. The standard InChI is InChI=1S/C48H73N5O9/c1-14-30(6)42(52(11)48(60)40(28(2)3)50-46(58)41(29(4)5)51(10)47(59)36-24-22-34(23-25-36)33(9)54)38(61-12)27-39(55)53-26-18-21-37(53)44(62-13)31(7)45(57)49-32(8)43(56)35-19-16-15-17-20-35/h15-17,19-20,22-25,28-32,37-38,40-44,56H,14,18,21,26-27H2,1-13H3,(H,49,57)(H,50,58)/t30?,31-,32-,37+,38-,40+,41?,42?,43-,44-/m1/s1. The van der Waals surface area contributed by atoms with Gasteiger partial charge in [-0.25, -0.2) is 0 Å². The molecule has 2 aromatic carbocycles. The van der Waals surface area contributed by atoms with Crippen molar-refractivity contribution in [1.82, 2.24) is 25.3 Å². The third kappa shape index (κ3) is 12.7. The molecule has 5 amide bonds. The quantitative estimate of drug-likeness (QED) is 0.133. The van der Waals surface area contributed by atoms with Gasteiger partial charge in [0.15, 0.2) is 5.78 Å². The largest absolute Gasteiger partial charge is 0.386 e. The Balaban J connectivity index is 1.79. The number of Topliss-reactive ketones (excluding diaryl/α,β-unsaturated/α-hetero) is 1. The third-order valence-corrected chi connectivity index (χ3v) is 12.6. The Morgan fingerprint density at radius 3 is 1.92 bits per heavy atom. The zero-order valence-electron chi connectivity index (χ0n) is 39.2. The summed E-state index contributed by atoms with van der Waals surface area (Å²) < 4.78 is 12.0. The fourth-order valence-electron chi connectivity index (χ4n) is 8.75. The molecule has 1 aliphatic rings. The predicted molar refractivity (Wildman–Crippen MR) is 239 cm³/mol. The zero-order valence-corrected chi connectivity index (χ0v) is 39.2. The lowest BCUT2D eigenvalue weighted by molar-refractivity contribution is -0.148. The average molecular weight is 864 g/mol. The second-order valence-corrected chi connectivity index (χ2v) is 17.7. The number of amides is 5. The van der Waals surface area contributed by atoms with Crippen molar-refractivity contribution in [3.8, 4) is 0 Å². The van der Waals surface area contributed by atoms with Crippen molar-refractivity contribution >= 4 is 35.3 Å². The molecule has 14 heteroatoms. The van der Waals surface area contributed by atoms with Crippen molar-refractivity contribution < 1.29 is 43.3 Å². The van der Waals surface area contributed by atoms with Crippen LogP contribution in [-0.2, 0) is 28.7 Å². The van der Waals surface area contributed by atoms with Gasteiger partial charge in [-0.3, -0.25) is 28.8 Å². The predicted octanol–water partition coefficient (Wildman–Crippen LogP) is 5.29. The topological polar surface area (TPSA) is 175 Å². The highest BCUT2D eigenvalue weighted by Gasteiger charge is 2.43. The number of hydrogen-bond donors (Lipinski definition) is 3. The van der Waals surface area contributed by atoms with E-state index in [1.54, 1.807) is 74.1 Å². The number of likely N-dealkylation sites (N-methyl/N-ethyl adjacent to an activating group) is 2. The fraction of sp³-hybridized carbons (Fsp3) is 0.625. The highest BCUT2D eigenvalue weighted by atomic mass is 16.5. The van der Waals surface area contributed by atoms with E-state index >= 15 is 0 Å².